The molecule has 0 aromatic heterocycles. The van der Waals surface area contributed by atoms with Crippen molar-refractivity contribution in [2.24, 2.45) is 0 Å². The predicted octanol–water partition coefficient (Wildman–Crippen LogP) is 4.99. The third-order valence-corrected chi connectivity index (χ3v) is 6.78. The number of benzene rings is 3. The quantitative estimate of drug-likeness (QED) is 0.113. The zero-order valence-corrected chi connectivity index (χ0v) is 26.2. The Morgan fingerprint density at radius 2 is 0.652 bits per heavy atom. The van der Waals surface area contributed by atoms with Crippen LogP contribution in [0.2, 0.25) is 0 Å². The van der Waals surface area contributed by atoms with Gasteiger partial charge in [0.2, 0.25) is 0 Å². The van der Waals surface area contributed by atoms with E-state index in [2.05, 4.69) is 19.7 Å². The van der Waals surface area contributed by atoms with Crippen molar-refractivity contribution in [3.8, 4) is 17.2 Å². The number of ether oxygens (including phenoxy) is 3. The molecule has 0 saturated heterocycles. The fraction of sp³-hybridized carbons (Fsp3) is 0.0909. The van der Waals surface area contributed by atoms with Crippen LogP contribution in [0, 0.1) is 0 Å². The maximum atomic E-state index is 12.9. The molecule has 0 unspecified atom stereocenters. The lowest BCUT2D eigenvalue weighted by Gasteiger charge is -2.14. The van der Waals surface area contributed by atoms with Crippen molar-refractivity contribution in [2.45, 2.75) is 20.8 Å². The van der Waals surface area contributed by atoms with Gasteiger partial charge in [-0.25, -0.2) is 28.8 Å². The summed E-state index contributed by atoms with van der Waals surface area (Å²) in [6.45, 7) is 14.9. The van der Waals surface area contributed by atoms with Crippen LogP contribution in [-0.4, -0.2) is 51.0 Å². The number of hydrogen-bond donors (Lipinski definition) is 0. The van der Waals surface area contributed by atoms with Gasteiger partial charge in [-0.1, -0.05) is 19.7 Å². The van der Waals surface area contributed by atoms with Crippen molar-refractivity contribution >= 4 is 51.0 Å². The van der Waals surface area contributed by atoms with E-state index in [9.17, 15) is 28.8 Å². The SMILES string of the molecule is C=C(C)C(=O)Oc1ccc(C(=O)[O][Al]([O]C(=O)c2ccc(OC(=O)C(=C)C)cc2)[O]C(=O)c2ccc(OC(=O)C(=C)C)cc2)cc1. The lowest BCUT2D eigenvalue weighted by molar-refractivity contribution is -0.130. The highest BCUT2D eigenvalue weighted by Gasteiger charge is 2.49. The highest BCUT2D eigenvalue weighted by Crippen LogP contribution is 2.19. The molecular weight excluding hydrogens is 615 g/mol. The minimum atomic E-state index is -3.90. The van der Waals surface area contributed by atoms with Crippen LogP contribution in [-0.2, 0) is 25.7 Å². The first kappa shape index (κ1) is 34.7. The van der Waals surface area contributed by atoms with Crippen LogP contribution < -0.4 is 14.2 Å². The molecule has 0 fully saturated rings. The maximum Gasteiger partial charge on any atom is 1.20 e. The van der Waals surface area contributed by atoms with Crippen molar-refractivity contribution in [3.05, 3.63) is 126 Å². The van der Waals surface area contributed by atoms with Gasteiger partial charge in [0.25, 0.3) is 0 Å². The van der Waals surface area contributed by atoms with Crippen LogP contribution in [0.3, 0.4) is 0 Å². The van der Waals surface area contributed by atoms with E-state index in [4.69, 9.17) is 25.6 Å². The normalized spacial score (nSPS) is 9.98. The molecule has 13 heteroatoms. The van der Waals surface area contributed by atoms with Crippen molar-refractivity contribution < 1.29 is 54.3 Å². The largest absolute Gasteiger partial charge is 1.20 e. The Morgan fingerprint density at radius 1 is 0.435 bits per heavy atom. The number of carbonyl (C=O) groups excluding carboxylic acids is 6. The van der Waals surface area contributed by atoms with Crippen LogP contribution in [0.4, 0.5) is 0 Å². The molecule has 0 aliphatic rings. The summed E-state index contributed by atoms with van der Waals surface area (Å²) in [6.07, 6.45) is 0. The summed E-state index contributed by atoms with van der Waals surface area (Å²) in [5.74, 6) is -4.60. The van der Waals surface area contributed by atoms with Gasteiger partial charge in [0.15, 0.2) is 0 Å². The van der Waals surface area contributed by atoms with Gasteiger partial charge in [-0.15, -0.1) is 0 Å². The van der Waals surface area contributed by atoms with Crippen LogP contribution in [0.25, 0.3) is 0 Å². The molecule has 0 atom stereocenters. The monoisotopic (exact) mass is 642 g/mol. The number of hydrogen-bond acceptors (Lipinski definition) is 12. The summed E-state index contributed by atoms with van der Waals surface area (Å²) in [6, 6.07) is 15.7. The van der Waals surface area contributed by atoms with Crippen molar-refractivity contribution in [1.82, 2.24) is 0 Å². The molecule has 46 heavy (non-hydrogen) atoms. The van der Waals surface area contributed by atoms with E-state index in [1.165, 1.54) is 93.6 Å². The van der Waals surface area contributed by atoms with E-state index in [0.29, 0.717) is 0 Å². The van der Waals surface area contributed by atoms with Gasteiger partial charge in [-0.2, -0.15) is 0 Å². The highest BCUT2D eigenvalue weighted by molar-refractivity contribution is 6.45. The molecule has 3 aromatic rings. The number of carbonyl (C=O) groups is 6. The Bertz CT molecular complexity index is 1500. The van der Waals surface area contributed by atoms with E-state index in [1.807, 2.05) is 0 Å². The average molecular weight is 643 g/mol. The zero-order valence-electron chi connectivity index (χ0n) is 25.0. The molecule has 0 amide bonds. The molecule has 0 aliphatic carbocycles. The van der Waals surface area contributed by atoms with Crippen molar-refractivity contribution in [1.29, 1.82) is 0 Å². The zero-order chi connectivity index (χ0) is 34.0. The van der Waals surface area contributed by atoms with E-state index < -0.39 is 51.0 Å². The van der Waals surface area contributed by atoms with Gasteiger partial charge < -0.3 is 25.6 Å². The molecule has 0 heterocycles. The van der Waals surface area contributed by atoms with Crippen LogP contribution in [0.1, 0.15) is 51.8 Å². The van der Waals surface area contributed by atoms with E-state index in [0.717, 1.165) is 0 Å². The van der Waals surface area contributed by atoms with Crippen LogP contribution >= 0.6 is 0 Å². The Hall–Kier alpha value is -5.77. The summed E-state index contributed by atoms with van der Waals surface area (Å²) < 4.78 is 31.2. The lowest BCUT2D eigenvalue weighted by atomic mass is 10.2. The standard InChI is InChI=1S/3C11H10O4.Al/c3*1-7(2)11(14)15-9-5-3-8(4-6-9)10(12)13;/h3*3-6H,1H2,2H3,(H,12,13);/q;;;+3/p-3. The molecule has 0 saturated carbocycles. The molecule has 0 radical (unpaired) electrons. The Kier molecular flexibility index (Phi) is 11.9. The first-order valence-electron chi connectivity index (χ1n) is 13.3. The van der Waals surface area contributed by atoms with Crippen molar-refractivity contribution in [3.63, 3.8) is 0 Å². The first-order chi connectivity index (χ1) is 21.7. The van der Waals surface area contributed by atoms with Gasteiger partial charge in [0.05, 0.1) is 16.7 Å². The van der Waals surface area contributed by atoms with Gasteiger partial charge in [0.1, 0.15) is 17.2 Å². The second-order valence-corrected chi connectivity index (χ2v) is 10.9. The average Bonchev–Trinajstić information content (AvgIpc) is 3.01. The molecule has 234 valence electrons. The molecule has 3 rings (SSSR count). The number of rotatable bonds is 12. The van der Waals surface area contributed by atoms with Gasteiger partial charge >= 0.3 is 51.0 Å². The Labute approximate surface area is 268 Å². The van der Waals surface area contributed by atoms with E-state index >= 15 is 0 Å². The van der Waals surface area contributed by atoms with Gasteiger partial charge in [-0.3, -0.25) is 0 Å². The third-order valence-electron chi connectivity index (χ3n) is 5.56. The third kappa shape index (κ3) is 10.2. The lowest BCUT2D eigenvalue weighted by Crippen LogP contribution is -2.35. The molecule has 3 aromatic carbocycles. The summed E-state index contributed by atoms with van der Waals surface area (Å²) >= 11 is -3.90. The summed E-state index contributed by atoms with van der Waals surface area (Å²) in [5.41, 5.74) is 0.411. The van der Waals surface area contributed by atoms with Gasteiger partial charge in [0, 0.05) is 16.7 Å². The summed E-state index contributed by atoms with van der Waals surface area (Å²) in [5, 5.41) is 0. The van der Waals surface area contributed by atoms with Crippen LogP contribution in [0.15, 0.2) is 109 Å². The minimum Gasteiger partial charge on any atom is -0.547 e. The minimum absolute atomic E-state index is 0.0351. The predicted molar refractivity (Wildman–Crippen MR) is 163 cm³/mol. The van der Waals surface area contributed by atoms with Crippen LogP contribution in [0.5, 0.6) is 17.2 Å². The molecular formula is C33H27AlO12. The molecule has 0 aliphatic heterocycles. The fourth-order valence-electron chi connectivity index (χ4n) is 3.10. The van der Waals surface area contributed by atoms with E-state index in [-0.39, 0.29) is 50.7 Å². The smallest absolute Gasteiger partial charge is 0.547 e. The molecule has 0 spiro atoms. The molecule has 0 bridgehead atoms. The first-order valence-corrected chi connectivity index (χ1v) is 14.7. The maximum absolute atomic E-state index is 12.9. The fourth-order valence-corrected chi connectivity index (χ4v) is 4.18. The second kappa shape index (κ2) is 15.8. The summed E-state index contributed by atoms with van der Waals surface area (Å²) in [7, 11) is 0. The highest BCUT2D eigenvalue weighted by atomic mass is 27.3. The molecule has 12 nitrogen and oxygen atoms in total. The Morgan fingerprint density at radius 3 is 0.848 bits per heavy atom. The molecule has 0 N–H and O–H groups in total. The number of esters is 3. The van der Waals surface area contributed by atoms with Crippen molar-refractivity contribution in [2.75, 3.05) is 0 Å². The van der Waals surface area contributed by atoms with Gasteiger partial charge in [-0.05, 0) is 93.6 Å². The topological polar surface area (TPSA) is 158 Å². The summed E-state index contributed by atoms with van der Waals surface area (Å²) in [4.78, 5) is 74.0. The Balaban J connectivity index is 1.78. The van der Waals surface area contributed by atoms with E-state index in [1.54, 1.807) is 0 Å². The second-order valence-electron chi connectivity index (χ2n) is 9.59.